The number of hydrogen-bond donors (Lipinski definition) is 0. The number of ether oxygens (including phenoxy) is 1. The van der Waals surface area contributed by atoms with Gasteiger partial charge in [0.25, 0.3) is 0 Å². The zero-order valence-electron chi connectivity index (χ0n) is 8.59. The van der Waals surface area contributed by atoms with E-state index in [1.54, 1.807) is 0 Å². The molecule has 0 aliphatic heterocycles. The molecule has 0 heterocycles. The summed E-state index contributed by atoms with van der Waals surface area (Å²) >= 11 is 0. The van der Waals surface area contributed by atoms with Gasteiger partial charge in [-0.15, -0.1) is 0 Å². The molecule has 0 aromatic rings. The fourth-order valence-corrected chi connectivity index (χ4v) is 1.83. The Hall–Kier alpha value is -0.860. The van der Waals surface area contributed by atoms with E-state index in [4.69, 9.17) is 0 Å². The number of hydrogen-bond acceptors (Lipinski definition) is 3. The van der Waals surface area contributed by atoms with Gasteiger partial charge in [0.15, 0.2) is 0 Å². The summed E-state index contributed by atoms with van der Waals surface area (Å²) in [5.41, 5.74) is -0.0735. The van der Waals surface area contributed by atoms with Crippen molar-refractivity contribution >= 4 is 11.8 Å². The lowest BCUT2D eigenvalue weighted by Gasteiger charge is -2.21. The smallest absolute Gasteiger partial charge is 0.316 e. The van der Waals surface area contributed by atoms with Crippen molar-refractivity contribution in [1.82, 2.24) is 0 Å². The molecule has 1 saturated carbocycles. The van der Waals surface area contributed by atoms with Crippen LogP contribution in [0, 0.1) is 17.3 Å². The largest absolute Gasteiger partial charge is 0.468 e. The summed E-state index contributed by atoms with van der Waals surface area (Å²) in [6.45, 7) is 5.91. The molecule has 0 amide bonds. The van der Waals surface area contributed by atoms with E-state index in [9.17, 15) is 9.59 Å². The first-order valence-electron chi connectivity index (χ1n) is 4.51. The fraction of sp³-hybridized carbons (Fsp3) is 0.800. The molecule has 1 aliphatic rings. The van der Waals surface area contributed by atoms with E-state index in [0.717, 1.165) is 0 Å². The zero-order chi connectivity index (χ0) is 10.2. The van der Waals surface area contributed by atoms with E-state index in [0.29, 0.717) is 6.42 Å². The molecule has 0 saturated heterocycles. The van der Waals surface area contributed by atoms with Gasteiger partial charge in [-0.3, -0.25) is 9.59 Å². The van der Waals surface area contributed by atoms with E-state index < -0.39 is 5.92 Å². The summed E-state index contributed by atoms with van der Waals surface area (Å²) < 4.78 is 4.59. The molecule has 3 nitrogen and oxygen atoms in total. The fourth-order valence-electron chi connectivity index (χ4n) is 1.83. The Labute approximate surface area is 78.5 Å². The van der Waals surface area contributed by atoms with Gasteiger partial charge in [-0.2, -0.15) is 0 Å². The van der Waals surface area contributed by atoms with Crippen LogP contribution < -0.4 is 0 Å². The minimum absolute atomic E-state index is 0.0249. The predicted molar refractivity (Wildman–Crippen MR) is 48.1 cm³/mol. The Balaban J connectivity index is 2.84. The van der Waals surface area contributed by atoms with Crippen LogP contribution in [0.4, 0.5) is 0 Å². The SMILES string of the molecule is COC(=O)C1CC(C)(C)C(C)C1=O. The van der Waals surface area contributed by atoms with E-state index in [2.05, 4.69) is 4.74 Å². The van der Waals surface area contributed by atoms with E-state index in [1.165, 1.54) is 7.11 Å². The minimum atomic E-state index is -0.532. The van der Waals surface area contributed by atoms with Gasteiger partial charge in [-0.25, -0.2) is 0 Å². The van der Waals surface area contributed by atoms with Gasteiger partial charge >= 0.3 is 5.97 Å². The molecule has 0 aromatic carbocycles. The van der Waals surface area contributed by atoms with E-state index >= 15 is 0 Å². The summed E-state index contributed by atoms with van der Waals surface area (Å²) in [7, 11) is 1.32. The van der Waals surface area contributed by atoms with Crippen molar-refractivity contribution in [3.8, 4) is 0 Å². The molecule has 1 fully saturated rings. The Bertz CT molecular complexity index is 243. The quantitative estimate of drug-likeness (QED) is 0.457. The normalized spacial score (nSPS) is 31.8. The summed E-state index contributed by atoms with van der Waals surface area (Å²) in [5, 5.41) is 0. The monoisotopic (exact) mass is 184 g/mol. The third-order valence-electron chi connectivity index (χ3n) is 3.16. The molecule has 0 bridgehead atoms. The molecule has 2 atom stereocenters. The van der Waals surface area contributed by atoms with Crippen molar-refractivity contribution in [3.05, 3.63) is 0 Å². The highest BCUT2D eigenvalue weighted by molar-refractivity contribution is 6.02. The van der Waals surface area contributed by atoms with Gasteiger partial charge in [0.05, 0.1) is 7.11 Å². The molecule has 0 radical (unpaired) electrons. The second kappa shape index (κ2) is 3.13. The highest BCUT2D eigenvalue weighted by Crippen LogP contribution is 2.43. The summed E-state index contributed by atoms with van der Waals surface area (Å²) in [6.07, 6.45) is 0.611. The highest BCUT2D eigenvalue weighted by atomic mass is 16.5. The topological polar surface area (TPSA) is 43.4 Å². The minimum Gasteiger partial charge on any atom is -0.468 e. The van der Waals surface area contributed by atoms with Gasteiger partial charge in [0.2, 0.25) is 0 Å². The number of carbonyl (C=O) groups is 2. The zero-order valence-corrected chi connectivity index (χ0v) is 8.59. The lowest BCUT2D eigenvalue weighted by molar-refractivity contribution is -0.148. The molecule has 13 heavy (non-hydrogen) atoms. The van der Waals surface area contributed by atoms with Crippen LogP contribution in [0.2, 0.25) is 0 Å². The number of rotatable bonds is 1. The second-order valence-electron chi connectivity index (χ2n) is 4.39. The molecule has 74 valence electrons. The molecule has 1 aliphatic carbocycles. The maximum absolute atomic E-state index is 11.6. The molecule has 1 rings (SSSR count). The van der Waals surface area contributed by atoms with Crippen molar-refractivity contribution in [1.29, 1.82) is 0 Å². The van der Waals surface area contributed by atoms with Crippen LogP contribution >= 0.6 is 0 Å². The van der Waals surface area contributed by atoms with E-state index in [-0.39, 0.29) is 23.1 Å². The van der Waals surface area contributed by atoms with Crippen LogP contribution in [0.15, 0.2) is 0 Å². The Morgan fingerprint density at radius 2 is 2.08 bits per heavy atom. The summed E-state index contributed by atoms with van der Waals surface area (Å²) in [6, 6.07) is 0. The molecule has 2 unspecified atom stereocenters. The molecule has 3 heteroatoms. The first-order valence-corrected chi connectivity index (χ1v) is 4.51. The highest BCUT2D eigenvalue weighted by Gasteiger charge is 2.48. The van der Waals surface area contributed by atoms with Gasteiger partial charge in [0, 0.05) is 5.92 Å². The number of esters is 1. The van der Waals surface area contributed by atoms with Gasteiger partial charge in [-0.1, -0.05) is 20.8 Å². The first kappa shape index (κ1) is 10.2. The summed E-state index contributed by atoms with van der Waals surface area (Å²) in [4.78, 5) is 22.8. The van der Waals surface area contributed by atoms with Crippen LogP contribution in [-0.2, 0) is 14.3 Å². The number of Topliss-reactive ketones (excluding diaryl/α,β-unsaturated/α-hetero) is 1. The number of ketones is 1. The number of methoxy groups -OCH3 is 1. The first-order chi connectivity index (χ1) is 5.90. The molecule has 0 spiro atoms. The molecular weight excluding hydrogens is 168 g/mol. The lowest BCUT2D eigenvalue weighted by Crippen LogP contribution is -2.22. The van der Waals surface area contributed by atoms with Crippen LogP contribution in [0.25, 0.3) is 0 Å². The Morgan fingerprint density at radius 3 is 2.38 bits per heavy atom. The van der Waals surface area contributed by atoms with Crippen LogP contribution in [0.5, 0.6) is 0 Å². The van der Waals surface area contributed by atoms with Gasteiger partial charge < -0.3 is 4.74 Å². The van der Waals surface area contributed by atoms with Crippen LogP contribution in [0.3, 0.4) is 0 Å². The third-order valence-corrected chi connectivity index (χ3v) is 3.16. The number of carbonyl (C=O) groups excluding carboxylic acids is 2. The second-order valence-corrected chi connectivity index (χ2v) is 4.39. The predicted octanol–water partition coefficient (Wildman–Crippen LogP) is 1.41. The molecular formula is C10H16O3. The average molecular weight is 184 g/mol. The van der Waals surface area contributed by atoms with Crippen molar-refractivity contribution in [2.75, 3.05) is 7.11 Å². The lowest BCUT2D eigenvalue weighted by atomic mass is 9.83. The standard InChI is InChI=1S/C10H16O3/c1-6-8(11)7(9(12)13-4)5-10(6,2)3/h6-7H,5H2,1-4H3. The van der Waals surface area contributed by atoms with Crippen LogP contribution in [0.1, 0.15) is 27.2 Å². The maximum Gasteiger partial charge on any atom is 0.316 e. The Morgan fingerprint density at radius 1 is 1.54 bits per heavy atom. The van der Waals surface area contributed by atoms with E-state index in [1.807, 2.05) is 20.8 Å². The van der Waals surface area contributed by atoms with Crippen molar-refractivity contribution in [3.63, 3.8) is 0 Å². The van der Waals surface area contributed by atoms with Gasteiger partial charge in [-0.05, 0) is 11.8 Å². The van der Waals surface area contributed by atoms with Crippen molar-refractivity contribution < 1.29 is 14.3 Å². The average Bonchev–Trinajstić information content (AvgIpc) is 2.28. The maximum atomic E-state index is 11.6. The summed E-state index contributed by atoms with van der Waals surface area (Å²) in [5.74, 6) is -0.939. The third kappa shape index (κ3) is 1.60. The van der Waals surface area contributed by atoms with Gasteiger partial charge in [0.1, 0.15) is 11.7 Å². The Kier molecular flexibility index (Phi) is 2.46. The molecule has 0 N–H and O–H groups in total. The molecule has 0 aromatic heterocycles. The van der Waals surface area contributed by atoms with Crippen LogP contribution in [-0.4, -0.2) is 18.9 Å². The van der Waals surface area contributed by atoms with Crippen molar-refractivity contribution in [2.24, 2.45) is 17.3 Å². The van der Waals surface area contributed by atoms with Crippen molar-refractivity contribution in [2.45, 2.75) is 27.2 Å².